The highest BCUT2D eigenvalue weighted by atomic mass is 16.4. The first-order chi connectivity index (χ1) is 11.1. The molecule has 0 radical (unpaired) electrons. The number of furan rings is 2. The summed E-state index contributed by atoms with van der Waals surface area (Å²) in [6, 6.07) is 5.40. The normalized spacial score (nSPS) is 10.9. The minimum absolute atomic E-state index is 0.0133. The molecular formula is C16H17N3O4. The standard InChI is InChI=1S/C16H17N3O4/c1-11-13(7-9-21-11)16-18-17-14(23-16)5-6-15(20)19(2)10-12-4-3-8-22-12/h3-4,7-9H,5-6,10H2,1-2H3. The number of carbonyl (C=O) groups is 1. The number of hydrogen-bond donors (Lipinski definition) is 0. The zero-order valence-corrected chi connectivity index (χ0v) is 13.0. The minimum atomic E-state index is -0.0133. The maximum absolute atomic E-state index is 12.1. The first-order valence-corrected chi connectivity index (χ1v) is 7.26. The number of carbonyl (C=O) groups excluding carboxylic acids is 1. The Morgan fingerprint density at radius 2 is 2.09 bits per heavy atom. The maximum Gasteiger partial charge on any atom is 0.251 e. The molecule has 0 aliphatic rings. The Labute approximate surface area is 132 Å². The van der Waals surface area contributed by atoms with Gasteiger partial charge in [-0.15, -0.1) is 10.2 Å². The predicted molar refractivity (Wildman–Crippen MR) is 80.2 cm³/mol. The number of aryl methyl sites for hydroxylation is 2. The molecule has 3 aromatic rings. The van der Waals surface area contributed by atoms with Crippen LogP contribution in [0.15, 0.2) is 44.0 Å². The number of amides is 1. The van der Waals surface area contributed by atoms with E-state index in [9.17, 15) is 4.79 Å². The molecule has 1 amide bonds. The van der Waals surface area contributed by atoms with Crippen molar-refractivity contribution in [1.29, 1.82) is 0 Å². The van der Waals surface area contributed by atoms with E-state index in [2.05, 4.69) is 10.2 Å². The second kappa shape index (κ2) is 6.51. The van der Waals surface area contributed by atoms with Crippen LogP contribution in [0, 0.1) is 6.92 Å². The number of nitrogens with zero attached hydrogens (tertiary/aromatic N) is 3. The van der Waals surface area contributed by atoms with E-state index in [1.54, 1.807) is 36.6 Å². The molecule has 0 fully saturated rings. The maximum atomic E-state index is 12.1. The fourth-order valence-electron chi connectivity index (χ4n) is 2.20. The van der Waals surface area contributed by atoms with Crippen LogP contribution in [0.25, 0.3) is 11.5 Å². The largest absolute Gasteiger partial charge is 0.469 e. The average Bonchev–Trinajstić information content (AvgIpc) is 3.26. The van der Waals surface area contributed by atoms with Gasteiger partial charge in [0.1, 0.15) is 11.5 Å². The Balaban J connectivity index is 1.55. The Kier molecular flexibility index (Phi) is 4.27. The fraction of sp³-hybridized carbons (Fsp3) is 0.312. The molecule has 7 nitrogen and oxygen atoms in total. The highest BCUT2D eigenvalue weighted by Crippen LogP contribution is 2.23. The molecule has 0 bridgehead atoms. The van der Waals surface area contributed by atoms with Gasteiger partial charge in [-0.2, -0.15) is 0 Å². The summed E-state index contributed by atoms with van der Waals surface area (Å²) in [4.78, 5) is 13.7. The van der Waals surface area contributed by atoms with Crippen LogP contribution in [0.4, 0.5) is 0 Å². The van der Waals surface area contributed by atoms with Crippen LogP contribution in [0.2, 0.25) is 0 Å². The first-order valence-electron chi connectivity index (χ1n) is 7.26. The molecule has 0 saturated carbocycles. The summed E-state index contributed by atoms with van der Waals surface area (Å²) in [7, 11) is 1.74. The van der Waals surface area contributed by atoms with Gasteiger partial charge in [0.05, 0.1) is 24.6 Å². The SMILES string of the molecule is Cc1occc1-c1nnc(CCC(=O)N(C)Cc2ccco2)o1. The van der Waals surface area contributed by atoms with Crippen molar-refractivity contribution in [2.75, 3.05) is 7.05 Å². The van der Waals surface area contributed by atoms with E-state index in [0.717, 1.165) is 17.1 Å². The number of rotatable bonds is 6. The lowest BCUT2D eigenvalue weighted by atomic mass is 10.2. The summed E-state index contributed by atoms with van der Waals surface area (Å²) in [5, 5.41) is 7.96. The van der Waals surface area contributed by atoms with Crippen LogP contribution in [0.5, 0.6) is 0 Å². The quantitative estimate of drug-likeness (QED) is 0.695. The lowest BCUT2D eigenvalue weighted by Gasteiger charge is -2.14. The zero-order valence-electron chi connectivity index (χ0n) is 13.0. The Hall–Kier alpha value is -2.83. The van der Waals surface area contributed by atoms with Gasteiger partial charge >= 0.3 is 0 Å². The van der Waals surface area contributed by atoms with E-state index in [-0.39, 0.29) is 5.91 Å². The summed E-state index contributed by atoms with van der Waals surface area (Å²) in [5.74, 6) is 2.29. The van der Waals surface area contributed by atoms with E-state index in [4.69, 9.17) is 13.3 Å². The molecule has 120 valence electrons. The van der Waals surface area contributed by atoms with Gasteiger partial charge in [0, 0.05) is 19.9 Å². The van der Waals surface area contributed by atoms with Crippen LogP contribution < -0.4 is 0 Å². The van der Waals surface area contributed by atoms with Gasteiger partial charge in [0.25, 0.3) is 5.89 Å². The summed E-state index contributed by atoms with van der Waals surface area (Å²) in [6.07, 6.45) is 3.85. The van der Waals surface area contributed by atoms with Crippen LogP contribution in [-0.2, 0) is 17.8 Å². The highest BCUT2D eigenvalue weighted by molar-refractivity contribution is 5.75. The third-order valence-electron chi connectivity index (χ3n) is 3.51. The summed E-state index contributed by atoms with van der Waals surface area (Å²) < 4.78 is 16.0. The lowest BCUT2D eigenvalue weighted by molar-refractivity contribution is -0.130. The predicted octanol–water partition coefficient (Wildman–Crippen LogP) is 2.82. The van der Waals surface area contributed by atoms with Crippen LogP contribution in [-0.4, -0.2) is 28.1 Å². The van der Waals surface area contributed by atoms with Gasteiger partial charge in [-0.3, -0.25) is 4.79 Å². The zero-order chi connectivity index (χ0) is 16.2. The van der Waals surface area contributed by atoms with Crippen molar-refractivity contribution in [2.45, 2.75) is 26.3 Å². The molecule has 3 aromatic heterocycles. The van der Waals surface area contributed by atoms with E-state index in [1.807, 2.05) is 13.0 Å². The first kappa shape index (κ1) is 15.1. The molecule has 0 unspecified atom stereocenters. The van der Waals surface area contributed by atoms with Gasteiger partial charge in [-0.25, -0.2) is 0 Å². The number of hydrogen-bond acceptors (Lipinski definition) is 6. The van der Waals surface area contributed by atoms with Gasteiger partial charge in [-0.05, 0) is 25.1 Å². The second-order valence-corrected chi connectivity index (χ2v) is 5.22. The molecule has 7 heteroatoms. The monoisotopic (exact) mass is 315 g/mol. The average molecular weight is 315 g/mol. The Morgan fingerprint density at radius 1 is 1.22 bits per heavy atom. The molecule has 0 N–H and O–H groups in total. The van der Waals surface area contributed by atoms with Crippen LogP contribution >= 0.6 is 0 Å². The smallest absolute Gasteiger partial charge is 0.251 e. The third-order valence-corrected chi connectivity index (χ3v) is 3.51. The molecule has 0 aliphatic carbocycles. The molecule has 3 heterocycles. The summed E-state index contributed by atoms with van der Waals surface area (Å²) in [6.45, 7) is 2.27. The molecule has 23 heavy (non-hydrogen) atoms. The molecular weight excluding hydrogens is 298 g/mol. The highest BCUT2D eigenvalue weighted by Gasteiger charge is 2.15. The van der Waals surface area contributed by atoms with Crippen molar-refractivity contribution in [2.24, 2.45) is 0 Å². The van der Waals surface area contributed by atoms with Crippen molar-refractivity contribution in [3.05, 3.63) is 48.1 Å². The minimum Gasteiger partial charge on any atom is -0.469 e. The summed E-state index contributed by atoms with van der Waals surface area (Å²) in [5.41, 5.74) is 0.769. The topological polar surface area (TPSA) is 85.5 Å². The van der Waals surface area contributed by atoms with Gasteiger partial charge in [0.2, 0.25) is 11.8 Å². The van der Waals surface area contributed by atoms with Gasteiger partial charge in [0.15, 0.2) is 0 Å². The van der Waals surface area contributed by atoms with Gasteiger partial charge in [-0.1, -0.05) is 0 Å². The van der Waals surface area contributed by atoms with E-state index < -0.39 is 0 Å². The number of aromatic nitrogens is 2. The van der Waals surface area contributed by atoms with E-state index in [1.165, 1.54) is 0 Å². The van der Waals surface area contributed by atoms with Gasteiger partial charge < -0.3 is 18.2 Å². The van der Waals surface area contributed by atoms with Crippen molar-refractivity contribution in [3.63, 3.8) is 0 Å². The molecule has 0 atom stereocenters. The van der Waals surface area contributed by atoms with E-state index >= 15 is 0 Å². The van der Waals surface area contributed by atoms with E-state index in [0.29, 0.717) is 31.2 Å². The summed E-state index contributed by atoms with van der Waals surface area (Å²) >= 11 is 0. The van der Waals surface area contributed by atoms with Crippen molar-refractivity contribution >= 4 is 5.91 Å². The third kappa shape index (κ3) is 3.50. The molecule has 0 saturated heterocycles. The molecule has 0 spiro atoms. The van der Waals surface area contributed by atoms with Crippen molar-refractivity contribution in [3.8, 4) is 11.5 Å². The molecule has 0 aliphatic heterocycles. The molecule has 0 aromatic carbocycles. The van der Waals surface area contributed by atoms with Crippen LogP contribution in [0.1, 0.15) is 23.8 Å². The Bertz CT molecular complexity index is 773. The second-order valence-electron chi connectivity index (χ2n) is 5.22. The van der Waals surface area contributed by atoms with Crippen LogP contribution in [0.3, 0.4) is 0 Å². The Morgan fingerprint density at radius 3 is 2.78 bits per heavy atom. The molecule has 3 rings (SSSR count). The van der Waals surface area contributed by atoms with Crippen molar-refractivity contribution in [1.82, 2.24) is 15.1 Å². The lowest BCUT2D eigenvalue weighted by Crippen LogP contribution is -2.26. The van der Waals surface area contributed by atoms with Crippen molar-refractivity contribution < 1.29 is 18.0 Å². The fourth-order valence-corrected chi connectivity index (χ4v) is 2.20.